The Morgan fingerprint density at radius 3 is 2.67 bits per heavy atom. The van der Waals surface area contributed by atoms with Gasteiger partial charge >= 0.3 is 0 Å². The minimum Gasteiger partial charge on any atom is -0.497 e. The Morgan fingerprint density at radius 2 is 2.08 bits per heavy atom. The molecule has 3 rings (SSSR count). The average molecular weight is 326 g/mol. The second-order valence-corrected chi connectivity index (χ2v) is 5.13. The largest absolute Gasteiger partial charge is 0.497 e. The number of aliphatic hydroxyl groups is 1. The van der Waals surface area contributed by atoms with Crippen LogP contribution < -0.4 is 20.6 Å². The van der Waals surface area contributed by atoms with Crippen molar-refractivity contribution in [3.05, 3.63) is 69.1 Å². The molecule has 0 saturated carbocycles. The zero-order chi connectivity index (χ0) is 17.3. The second kappa shape index (κ2) is 6.10. The zero-order valence-electron chi connectivity index (χ0n) is 12.8. The van der Waals surface area contributed by atoms with Gasteiger partial charge in [0.15, 0.2) is 5.76 Å². The molecule has 0 fully saturated rings. The molecule has 0 amide bonds. The molecule has 1 aromatic heterocycles. The maximum Gasteiger partial charge on any atom is 0.228 e. The van der Waals surface area contributed by atoms with E-state index >= 15 is 0 Å². The van der Waals surface area contributed by atoms with E-state index in [-0.39, 0.29) is 28.7 Å². The van der Waals surface area contributed by atoms with Crippen molar-refractivity contribution in [1.29, 1.82) is 5.26 Å². The normalized spacial score (nSPS) is 16.1. The molecule has 1 aliphatic rings. The first kappa shape index (κ1) is 15.6. The van der Waals surface area contributed by atoms with E-state index in [2.05, 4.69) is 0 Å². The summed E-state index contributed by atoms with van der Waals surface area (Å²) < 4.78 is 16.0. The van der Waals surface area contributed by atoms with E-state index < -0.39 is 18.0 Å². The molecule has 7 nitrogen and oxygen atoms in total. The van der Waals surface area contributed by atoms with Crippen LogP contribution in [-0.4, -0.2) is 12.2 Å². The van der Waals surface area contributed by atoms with Gasteiger partial charge in [-0.2, -0.15) is 5.26 Å². The molecule has 24 heavy (non-hydrogen) atoms. The molecular weight excluding hydrogens is 312 g/mol. The van der Waals surface area contributed by atoms with Gasteiger partial charge in [0.2, 0.25) is 17.1 Å². The Kier molecular flexibility index (Phi) is 3.98. The van der Waals surface area contributed by atoms with Crippen LogP contribution in [0, 0.1) is 11.3 Å². The fourth-order valence-corrected chi connectivity index (χ4v) is 2.59. The van der Waals surface area contributed by atoms with Gasteiger partial charge in [0, 0.05) is 6.07 Å². The molecule has 7 heteroatoms. The van der Waals surface area contributed by atoms with E-state index in [1.54, 1.807) is 31.4 Å². The maximum atomic E-state index is 12.2. The van der Waals surface area contributed by atoms with E-state index in [0.717, 1.165) is 6.07 Å². The lowest BCUT2D eigenvalue weighted by molar-refractivity contribution is 0.231. The van der Waals surface area contributed by atoms with Crippen LogP contribution in [0.3, 0.4) is 0 Å². The van der Waals surface area contributed by atoms with Gasteiger partial charge in [0.1, 0.15) is 29.8 Å². The molecule has 0 saturated heterocycles. The molecule has 2 heterocycles. The van der Waals surface area contributed by atoms with Gasteiger partial charge in [0.05, 0.1) is 13.0 Å². The quantitative estimate of drug-likeness (QED) is 0.874. The minimum atomic E-state index is -0.705. The first-order valence-electron chi connectivity index (χ1n) is 7.08. The third kappa shape index (κ3) is 2.49. The predicted molar refractivity (Wildman–Crippen MR) is 83.2 cm³/mol. The minimum absolute atomic E-state index is 0.0791. The van der Waals surface area contributed by atoms with E-state index in [1.807, 2.05) is 6.07 Å². The Bertz CT molecular complexity index is 906. The van der Waals surface area contributed by atoms with E-state index in [9.17, 15) is 15.2 Å². The summed E-state index contributed by atoms with van der Waals surface area (Å²) in [6, 6.07) is 10.1. The summed E-state index contributed by atoms with van der Waals surface area (Å²) in [7, 11) is 1.55. The van der Waals surface area contributed by atoms with Gasteiger partial charge < -0.3 is 24.7 Å². The molecule has 2 aromatic rings. The molecule has 0 bridgehead atoms. The molecule has 3 N–H and O–H groups in total. The highest BCUT2D eigenvalue weighted by Crippen LogP contribution is 2.41. The first-order valence-corrected chi connectivity index (χ1v) is 7.08. The third-order valence-electron chi connectivity index (χ3n) is 3.73. The van der Waals surface area contributed by atoms with Crippen LogP contribution in [0.2, 0.25) is 0 Å². The Hall–Kier alpha value is -3.24. The summed E-state index contributed by atoms with van der Waals surface area (Å²) in [5, 5.41) is 18.7. The fraction of sp³-hybridized carbons (Fsp3) is 0.176. The summed E-state index contributed by atoms with van der Waals surface area (Å²) >= 11 is 0. The van der Waals surface area contributed by atoms with Gasteiger partial charge in [-0.3, -0.25) is 4.79 Å². The van der Waals surface area contributed by atoms with Gasteiger partial charge in [-0.25, -0.2) is 0 Å². The van der Waals surface area contributed by atoms with Crippen LogP contribution in [0.5, 0.6) is 11.5 Å². The number of nitrogens with zero attached hydrogens (tertiary/aromatic N) is 1. The van der Waals surface area contributed by atoms with Crippen molar-refractivity contribution < 1.29 is 19.0 Å². The summed E-state index contributed by atoms with van der Waals surface area (Å²) in [5.41, 5.74) is 6.14. The van der Waals surface area contributed by atoms with E-state index in [1.165, 1.54) is 0 Å². The van der Waals surface area contributed by atoms with Gasteiger partial charge in [0.25, 0.3) is 0 Å². The van der Waals surface area contributed by atoms with Crippen LogP contribution >= 0.6 is 0 Å². The van der Waals surface area contributed by atoms with Crippen LogP contribution in [0.4, 0.5) is 0 Å². The number of rotatable bonds is 3. The zero-order valence-corrected chi connectivity index (χ0v) is 12.8. The summed E-state index contributed by atoms with van der Waals surface area (Å²) in [6.07, 6.45) is 0. The SMILES string of the molecule is COc1ccc(C2C(C#N)=C(N)Oc3c2oc(CO)cc3=O)cc1. The van der Waals surface area contributed by atoms with Crippen LogP contribution in [-0.2, 0) is 6.61 Å². The number of hydrogen-bond donors (Lipinski definition) is 2. The molecule has 1 unspecified atom stereocenters. The van der Waals surface area contributed by atoms with Crippen molar-refractivity contribution in [3.8, 4) is 17.6 Å². The molecule has 0 aliphatic carbocycles. The van der Waals surface area contributed by atoms with Crippen molar-refractivity contribution in [1.82, 2.24) is 0 Å². The molecule has 0 radical (unpaired) electrons. The van der Waals surface area contributed by atoms with Gasteiger partial charge in [-0.15, -0.1) is 0 Å². The Morgan fingerprint density at radius 1 is 1.38 bits per heavy atom. The molecular formula is C17H14N2O5. The van der Waals surface area contributed by atoms with Crippen molar-refractivity contribution in [2.75, 3.05) is 7.11 Å². The summed E-state index contributed by atoms with van der Waals surface area (Å²) in [5.74, 6) is -0.0589. The molecule has 1 aliphatic heterocycles. The third-order valence-corrected chi connectivity index (χ3v) is 3.73. The number of nitriles is 1. The van der Waals surface area contributed by atoms with E-state index in [4.69, 9.17) is 19.6 Å². The number of ether oxygens (including phenoxy) is 2. The monoisotopic (exact) mass is 326 g/mol. The summed E-state index contributed by atoms with van der Waals surface area (Å²) in [4.78, 5) is 12.2. The van der Waals surface area contributed by atoms with Crippen LogP contribution in [0.1, 0.15) is 23.0 Å². The first-order chi connectivity index (χ1) is 11.6. The Labute approximate surface area is 137 Å². The summed E-state index contributed by atoms with van der Waals surface area (Å²) in [6.45, 7) is -0.446. The number of fused-ring (bicyclic) bond motifs is 1. The highest BCUT2D eigenvalue weighted by Gasteiger charge is 2.35. The van der Waals surface area contributed by atoms with Crippen molar-refractivity contribution in [2.45, 2.75) is 12.5 Å². The molecule has 122 valence electrons. The molecule has 1 aromatic carbocycles. The van der Waals surface area contributed by atoms with Crippen molar-refractivity contribution in [3.63, 3.8) is 0 Å². The lowest BCUT2D eigenvalue weighted by atomic mass is 9.87. The van der Waals surface area contributed by atoms with E-state index in [0.29, 0.717) is 11.3 Å². The average Bonchev–Trinajstić information content (AvgIpc) is 2.61. The Balaban J connectivity index is 2.24. The number of methoxy groups -OCH3 is 1. The van der Waals surface area contributed by atoms with Crippen LogP contribution in [0.25, 0.3) is 0 Å². The number of hydrogen-bond acceptors (Lipinski definition) is 7. The maximum absolute atomic E-state index is 12.2. The number of aliphatic hydroxyl groups excluding tert-OH is 1. The topological polar surface area (TPSA) is 119 Å². The number of allylic oxidation sites excluding steroid dienone is 1. The molecule has 0 spiro atoms. The van der Waals surface area contributed by atoms with Crippen LogP contribution in [0.15, 0.2) is 51.0 Å². The lowest BCUT2D eigenvalue weighted by Crippen LogP contribution is -2.25. The van der Waals surface area contributed by atoms with Gasteiger partial charge in [-0.05, 0) is 17.7 Å². The highest BCUT2D eigenvalue weighted by molar-refractivity contribution is 5.52. The van der Waals surface area contributed by atoms with Crippen molar-refractivity contribution in [2.24, 2.45) is 5.73 Å². The van der Waals surface area contributed by atoms with Crippen molar-refractivity contribution >= 4 is 0 Å². The smallest absolute Gasteiger partial charge is 0.228 e. The standard InChI is InChI=1S/C17H14N2O5/c1-22-10-4-2-9(3-5-10)14-12(7-18)17(19)24-15-13(21)6-11(8-20)23-16(14)15/h2-6,14,20H,8,19H2,1H3. The fourth-order valence-electron chi connectivity index (χ4n) is 2.59. The second-order valence-electron chi connectivity index (χ2n) is 5.13. The highest BCUT2D eigenvalue weighted by atomic mass is 16.5. The number of benzene rings is 1. The number of nitrogens with two attached hydrogens (primary N) is 1. The van der Waals surface area contributed by atoms with Gasteiger partial charge in [-0.1, -0.05) is 12.1 Å². The molecule has 1 atom stereocenters. The predicted octanol–water partition coefficient (Wildman–Crippen LogP) is 1.36. The lowest BCUT2D eigenvalue weighted by Gasteiger charge is -2.24.